The van der Waals surface area contributed by atoms with Crippen molar-refractivity contribution in [1.29, 1.82) is 0 Å². The van der Waals surface area contributed by atoms with Crippen LogP contribution in [0.3, 0.4) is 0 Å². The lowest BCUT2D eigenvalue weighted by atomic mass is 10.1. The van der Waals surface area contributed by atoms with E-state index < -0.39 is 4.92 Å². The number of nitrogens with zero attached hydrogens (tertiary/aromatic N) is 3. The minimum atomic E-state index is -0.444. The molecule has 0 spiro atoms. The van der Waals surface area contributed by atoms with Crippen LogP contribution in [-0.4, -0.2) is 37.4 Å². The van der Waals surface area contributed by atoms with Gasteiger partial charge in [0.15, 0.2) is 0 Å². The van der Waals surface area contributed by atoms with Gasteiger partial charge in [0, 0.05) is 31.4 Å². The smallest absolute Gasteiger partial charge is 0.269 e. The van der Waals surface area contributed by atoms with Crippen molar-refractivity contribution >= 4 is 23.3 Å². The van der Waals surface area contributed by atoms with Gasteiger partial charge in [-0.15, -0.1) is 0 Å². The van der Waals surface area contributed by atoms with E-state index in [4.69, 9.17) is 4.74 Å². The summed E-state index contributed by atoms with van der Waals surface area (Å²) in [6.45, 7) is 4.30. The highest BCUT2D eigenvalue weighted by Gasteiger charge is 2.15. The molecule has 1 heterocycles. The fourth-order valence-electron chi connectivity index (χ4n) is 2.71. The van der Waals surface area contributed by atoms with E-state index in [1.54, 1.807) is 31.3 Å². The van der Waals surface area contributed by atoms with Gasteiger partial charge in [-0.25, -0.2) is 4.39 Å². The van der Waals surface area contributed by atoms with Crippen molar-refractivity contribution in [2.45, 2.75) is 6.92 Å². The summed E-state index contributed by atoms with van der Waals surface area (Å²) in [5.74, 6) is -0.300. The number of anilines is 1. The third-order valence-corrected chi connectivity index (χ3v) is 4.07. The van der Waals surface area contributed by atoms with Gasteiger partial charge < -0.3 is 9.64 Å². The number of aryl methyl sites for hydroxylation is 1. The van der Waals surface area contributed by atoms with Crippen LogP contribution in [-0.2, 0) is 4.74 Å². The van der Waals surface area contributed by atoms with Crippen LogP contribution in [0.5, 0.6) is 0 Å². The van der Waals surface area contributed by atoms with Gasteiger partial charge in [-0.3, -0.25) is 15.1 Å². The standard InChI is InChI=1S/C18H18FN3O3/c1-13-10-15(22(23)24)3-4-17(13)20-12-14-2-5-18(16(19)11-14)21-6-8-25-9-7-21/h2-5,10-12H,6-9H2,1H3. The van der Waals surface area contributed by atoms with E-state index in [1.807, 2.05) is 4.90 Å². The van der Waals surface area contributed by atoms with Crippen LogP contribution in [0.1, 0.15) is 11.1 Å². The molecule has 1 saturated heterocycles. The molecule has 0 amide bonds. The SMILES string of the molecule is Cc1cc([N+](=O)[O-])ccc1N=Cc1ccc(N2CCOCC2)c(F)c1. The second-order valence-electron chi connectivity index (χ2n) is 5.80. The Balaban J connectivity index is 1.77. The number of hydrogen-bond acceptors (Lipinski definition) is 5. The number of ether oxygens (including phenoxy) is 1. The number of non-ortho nitro benzene ring substituents is 1. The van der Waals surface area contributed by atoms with Crippen LogP contribution >= 0.6 is 0 Å². The zero-order valence-corrected chi connectivity index (χ0v) is 13.8. The molecule has 2 aromatic rings. The van der Waals surface area contributed by atoms with Crippen molar-refractivity contribution in [2.24, 2.45) is 4.99 Å². The van der Waals surface area contributed by atoms with Gasteiger partial charge in [-0.2, -0.15) is 0 Å². The molecular formula is C18H18FN3O3. The first-order chi connectivity index (χ1) is 12.0. The number of hydrogen-bond donors (Lipinski definition) is 0. The van der Waals surface area contributed by atoms with Gasteiger partial charge in [-0.05, 0) is 36.2 Å². The Bertz CT molecular complexity index is 817. The van der Waals surface area contributed by atoms with Crippen molar-refractivity contribution in [2.75, 3.05) is 31.2 Å². The van der Waals surface area contributed by atoms with E-state index in [2.05, 4.69) is 4.99 Å². The molecule has 1 aliphatic rings. The lowest BCUT2D eigenvalue weighted by molar-refractivity contribution is -0.384. The van der Waals surface area contributed by atoms with Crippen LogP contribution in [0.15, 0.2) is 41.4 Å². The molecule has 7 heteroatoms. The third-order valence-electron chi connectivity index (χ3n) is 4.07. The molecule has 130 valence electrons. The van der Waals surface area contributed by atoms with E-state index in [1.165, 1.54) is 18.2 Å². The molecular weight excluding hydrogens is 325 g/mol. The second kappa shape index (κ2) is 7.40. The number of halogens is 1. The molecule has 0 radical (unpaired) electrons. The number of morpholine rings is 1. The molecule has 0 atom stereocenters. The Morgan fingerprint density at radius 2 is 2.00 bits per heavy atom. The molecule has 3 rings (SSSR count). The van der Waals surface area contributed by atoms with Crippen LogP contribution in [0, 0.1) is 22.9 Å². The van der Waals surface area contributed by atoms with Gasteiger partial charge in [-0.1, -0.05) is 6.07 Å². The van der Waals surface area contributed by atoms with E-state index in [0.717, 1.165) is 0 Å². The Morgan fingerprint density at radius 1 is 1.24 bits per heavy atom. The fraction of sp³-hybridized carbons (Fsp3) is 0.278. The minimum absolute atomic E-state index is 0.0253. The van der Waals surface area contributed by atoms with Crippen LogP contribution in [0.2, 0.25) is 0 Å². The highest BCUT2D eigenvalue weighted by Crippen LogP contribution is 2.24. The van der Waals surface area contributed by atoms with E-state index in [9.17, 15) is 14.5 Å². The van der Waals surface area contributed by atoms with Crippen molar-refractivity contribution in [3.63, 3.8) is 0 Å². The summed E-state index contributed by atoms with van der Waals surface area (Å²) < 4.78 is 19.6. The van der Waals surface area contributed by atoms with Gasteiger partial charge in [0.2, 0.25) is 0 Å². The summed E-state index contributed by atoms with van der Waals surface area (Å²) >= 11 is 0. The zero-order chi connectivity index (χ0) is 17.8. The number of benzene rings is 2. The van der Waals surface area contributed by atoms with Crippen molar-refractivity contribution in [3.05, 3.63) is 63.5 Å². The molecule has 0 unspecified atom stereocenters. The maximum absolute atomic E-state index is 14.4. The van der Waals surface area contributed by atoms with E-state index in [-0.39, 0.29) is 11.5 Å². The van der Waals surface area contributed by atoms with Crippen LogP contribution < -0.4 is 4.90 Å². The predicted octanol–water partition coefficient (Wildman–Crippen LogP) is 3.63. The quantitative estimate of drug-likeness (QED) is 0.483. The molecule has 0 bridgehead atoms. The highest BCUT2D eigenvalue weighted by molar-refractivity contribution is 5.83. The predicted molar refractivity (Wildman–Crippen MR) is 94.5 cm³/mol. The number of rotatable bonds is 4. The van der Waals surface area contributed by atoms with Crippen molar-refractivity contribution in [1.82, 2.24) is 0 Å². The third kappa shape index (κ3) is 4.00. The lowest BCUT2D eigenvalue weighted by Gasteiger charge is -2.29. The van der Waals surface area contributed by atoms with Crippen molar-refractivity contribution < 1.29 is 14.1 Å². The molecule has 0 aromatic heterocycles. The van der Waals surface area contributed by atoms with Gasteiger partial charge in [0.25, 0.3) is 5.69 Å². The Morgan fingerprint density at radius 3 is 2.64 bits per heavy atom. The first-order valence-corrected chi connectivity index (χ1v) is 7.96. The van der Waals surface area contributed by atoms with Gasteiger partial charge >= 0.3 is 0 Å². The average molecular weight is 343 g/mol. The number of nitro benzene ring substituents is 1. The average Bonchev–Trinajstić information content (AvgIpc) is 2.61. The summed E-state index contributed by atoms with van der Waals surface area (Å²) in [7, 11) is 0. The minimum Gasteiger partial charge on any atom is -0.378 e. The Hall–Kier alpha value is -2.80. The molecule has 0 N–H and O–H groups in total. The first kappa shape index (κ1) is 17.0. The molecule has 6 nitrogen and oxygen atoms in total. The maximum atomic E-state index is 14.4. The lowest BCUT2D eigenvalue weighted by Crippen LogP contribution is -2.36. The molecule has 0 saturated carbocycles. The maximum Gasteiger partial charge on any atom is 0.269 e. The molecule has 1 fully saturated rings. The van der Waals surface area contributed by atoms with Gasteiger partial charge in [0.1, 0.15) is 5.82 Å². The largest absolute Gasteiger partial charge is 0.378 e. The highest BCUT2D eigenvalue weighted by atomic mass is 19.1. The zero-order valence-electron chi connectivity index (χ0n) is 13.8. The van der Waals surface area contributed by atoms with E-state index in [0.29, 0.717) is 48.8 Å². The fourth-order valence-corrected chi connectivity index (χ4v) is 2.71. The summed E-state index contributed by atoms with van der Waals surface area (Å²) in [5, 5.41) is 10.8. The normalized spacial score (nSPS) is 14.9. The Kier molecular flexibility index (Phi) is 5.04. The molecule has 2 aromatic carbocycles. The molecule has 0 aliphatic carbocycles. The van der Waals surface area contributed by atoms with Crippen molar-refractivity contribution in [3.8, 4) is 0 Å². The summed E-state index contributed by atoms with van der Waals surface area (Å²) in [6, 6.07) is 9.44. The number of aliphatic imine (C=N–C) groups is 1. The summed E-state index contributed by atoms with van der Waals surface area (Å²) in [6.07, 6.45) is 1.56. The topological polar surface area (TPSA) is 68.0 Å². The van der Waals surface area contributed by atoms with Gasteiger partial charge in [0.05, 0.1) is 29.5 Å². The molecule has 25 heavy (non-hydrogen) atoms. The van der Waals surface area contributed by atoms with Crippen LogP contribution in [0.4, 0.5) is 21.5 Å². The molecule has 1 aliphatic heterocycles. The Labute approximate surface area is 144 Å². The summed E-state index contributed by atoms with van der Waals surface area (Å²) in [5.41, 5.74) is 2.52. The number of nitro groups is 1. The van der Waals surface area contributed by atoms with Crippen LogP contribution in [0.25, 0.3) is 0 Å². The first-order valence-electron chi connectivity index (χ1n) is 7.96. The summed E-state index contributed by atoms with van der Waals surface area (Å²) in [4.78, 5) is 16.6. The monoisotopic (exact) mass is 343 g/mol. The van der Waals surface area contributed by atoms with E-state index >= 15 is 0 Å². The second-order valence-corrected chi connectivity index (χ2v) is 5.80.